The topological polar surface area (TPSA) is 49.8 Å². The average molecular weight is 348 g/mol. The second kappa shape index (κ2) is 5.77. The number of hydrogen-bond donors (Lipinski definition) is 1. The third-order valence-electron chi connectivity index (χ3n) is 3.46. The first-order chi connectivity index (χ1) is 10.1. The van der Waals surface area contributed by atoms with Crippen LogP contribution in [0.3, 0.4) is 0 Å². The van der Waals surface area contributed by atoms with Crippen molar-refractivity contribution >= 4 is 27.6 Å². The summed E-state index contributed by atoms with van der Waals surface area (Å²) in [5, 5.41) is 9.24. The first-order valence-corrected chi connectivity index (χ1v) is 7.43. The normalized spacial score (nSPS) is 13.5. The van der Waals surface area contributed by atoms with Gasteiger partial charge in [0.1, 0.15) is 12.2 Å². The summed E-state index contributed by atoms with van der Waals surface area (Å²) < 4.78 is 6.62. The van der Waals surface area contributed by atoms with Gasteiger partial charge in [0.15, 0.2) is 5.75 Å². The number of anilines is 1. The summed E-state index contributed by atoms with van der Waals surface area (Å²) in [5.41, 5.74) is 2.23. The quantitative estimate of drug-likeness (QED) is 0.922. The van der Waals surface area contributed by atoms with Gasteiger partial charge in [0.05, 0.1) is 12.2 Å². The molecule has 1 heterocycles. The highest BCUT2D eigenvalue weighted by atomic mass is 79.9. The number of carbonyl (C=O) groups is 1. The number of ether oxygens (including phenoxy) is 1. The first-order valence-electron chi connectivity index (χ1n) is 6.63. The van der Waals surface area contributed by atoms with Gasteiger partial charge in [-0.05, 0) is 29.8 Å². The lowest BCUT2D eigenvalue weighted by molar-refractivity contribution is 0.0692. The molecule has 0 atom stereocenters. The average Bonchev–Trinajstić information content (AvgIpc) is 2.49. The van der Waals surface area contributed by atoms with Crippen molar-refractivity contribution in [3.8, 4) is 5.75 Å². The van der Waals surface area contributed by atoms with Crippen molar-refractivity contribution in [2.24, 2.45) is 0 Å². The highest BCUT2D eigenvalue weighted by molar-refractivity contribution is 9.10. The number of carboxylic acids is 1. The van der Waals surface area contributed by atoms with E-state index in [2.05, 4.69) is 33.0 Å². The highest BCUT2D eigenvalue weighted by Crippen LogP contribution is 2.35. The van der Waals surface area contributed by atoms with E-state index in [4.69, 9.17) is 4.74 Å². The Kier molecular flexibility index (Phi) is 3.84. The first kappa shape index (κ1) is 13.9. The summed E-state index contributed by atoms with van der Waals surface area (Å²) in [5.74, 6) is -0.495. The maximum absolute atomic E-state index is 11.3. The van der Waals surface area contributed by atoms with Crippen LogP contribution in [-0.4, -0.2) is 24.2 Å². The molecule has 0 radical (unpaired) electrons. The monoisotopic (exact) mass is 347 g/mol. The fourth-order valence-electron chi connectivity index (χ4n) is 2.45. The summed E-state index contributed by atoms with van der Waals surface area (Å²) >= 11 is 3.42. The van der Waals surface area contributed by atoms with E-state index >= 15 is 0 Å². The van der Waals surface area contributed by atoms with Crippen molar-refractivity contribution in [3.05, 3.63) is 58.1 Å². The Morgan fingerprint density at radius 1 is 1.24 bits per heavy atom. The molecule has 0 saturated carbocycles. The molecule has 2 aromatic carbocycles. The number of nitrogens with zero attached hydrogens (tertiary/aromatic N) is 1. The zero-order valence-corrected chi connectivity index (χ0v) is 12.8. The number of benzene rings is 2. The van der Waals surface area contributed by atoms with Crippen LogP contribution in [0.15, 0.2) is 46.9 Å². The summed E-state index contributed by atoms with van der Waals surface area (Å²) in [6, 6.07) is 13.4. The predicted octanol–water partition coefficient (Wildman–Crippen LogP) is 3.55. The summed E-state index contributed by atoms with van der Waals surface area (Å²) in [4.78, 5) is 13.4. The fourth-order valence-corrected chi connectivity index (χ4v) is 2.71. The minimum absolute atomic E-state index is 0.216. The predicted molar refractivity (Wildman–Crippen MR) is 84.1 cm³/mol. The Balaban J connectivity index is 1.92. The van der Waals surface area contributed by atoms with Crippen molar-refractivity contribution in [2.45, 2.75) is 6.54 Å². The van der Waals surface area contributed by atoms with Crippen molar-refractivity contribution in [1.29, 1.82) is 0 Å². The number of rotatable bonds is 3. The van der Waals surface area contributed by atoms with Crippen LogP contribution in [0.2, 0.25) is 0 Å². The number of carboxylic acid groups (broad SMARTS) is 1. The van der Waals surface area contributed by atoms with E-state index in [0.717, 1.165) is 23.2 Å². The zero-order chi connectivity index (χ0) is 14.8. The van der Waals surface area contributed by atoms with Gasteiger partial charge in [-0.1, -0.05) is 34.1 Å². The Hall–Kier alpha value is -2.01. The second-order valence-corrected chi connectivity index (χ2v) is 5.77. The molecular formula is C16H14BrNO3. The van der Waals surface area contributed by atoms with Crippen molar-refractivity contribution in [3.63, 3.8) is 0 Å². The molecule has 5 heteroatoms. The molecule has 0 saturated heterocycles. The molecule has 1 aliphatic heterocycles. The highest BCUT2D eigenvalue weighted by Gasteiger charge is 2.23. The molecule has 21 heavy (non-hydrogen) atoms. The SMILES string of the molecule is O=C(O)c1cccc2c1OCCN2Cc1ccc(Br)cc1. The van der Waals surface area contributed by atoms with Gasteiger partial charge >= 0.3 is 5.97 Å². The number of halogens is 1. The molecule has 0 amide bonds. The lowest BCUT2D eigenvalue weighted by Gasteiger charge is -2.32. The molecule has 0 aromatic heterocycles. The molecule has 0 spiro atoms. The minimum atomic E-state index is -0.961. The van der Waals surface area contributed by atoms with Crippen molar-refractivity contribution in [2.75, 3.05) is 18.1 Å². The molecule has 4 nitrogen and oxygen atoms in total. The van der Waals surface area contributed by atoms with Gasteiger partial charge in [0.25, 0.3) is 0 Å². The zero-order valence-electron chi connectivity index (χ0n) is 11.3. The molecule has 0 unspecified atom stereocenters. The van der Waals surface area contributed by atoms with E-state index in [1.165, 1.54) is 5.56 Å². The fraction of sp³-hybridized carbons (Fsp3) is 0.188. The smallest absolute Gasteiger partial charge is 0.339 e. The minimum Gasteiger partial charge on any atom is -0.489 e. The molecule has 0 fully saturated rings. The van der Waals surface area contributed by atoms with Crippen LogP contribution in [0, 0.1) is 0 Å². The van der Waals surface area contributed by atoms with E-state index in [1.54, 1.807) is 12.1 Å². The maximum atomic E-state index is 11.3. The van der Waals surface area contributed by atoms with Crippen molar-refractivity contribution in [1.82, 2.24) is 0 Å². The summed E-state index contributed by atoms with van der Waals surface area (Å²) in [6.07, 6.45) is 0. The van der Waals surface area contributed by atoms with Crippen molar-refractivity contribution < 1.29 is 14.6 Å². The Morgan fingerprint density at radius 2 is 2.00 bits per heavy atom. The lowest BCUT2D eigenvalue weighted by atomic mass is 10.1. The molecule has 108 valence electrons. The molecule has 2 aromatic rings. The summed E-state index contributed by atoms with van der Waals surface area (Å²) in [6.45, 7) is 1.96. The Morgan fingerprint density at radius 3 is 2.71 bits per heavy atom. The van der Waals surface area contributed by atoms with Gasteiger partial charge in [0.2, 0.25) is 0 Å². The Labute approximate surface area is 131 Å². The number of fused-ring (bicyclic) bond motifs is 1. The number of hydrogen-bond acceptors (Lipinski definition) is 3. The molecule has 0 bridgehead atoms. The lowest BCUT2D eigenvalue weighted by Crippen LogP contribution is -2.32. The van der Waals surface area contributed by atoms with Gasteiger partial charge in [-0.3, -0.25) is 0 Å². The van der Waals surface area contributed by atoms with Crippen LogP contribution in [0.1, 0.15) is 15.9 Å². The Bertz CT molecular complexity index is 670. The molecule has 1 N–H and O–H groups in total. The molecule has 0 aliphatic carbocycles. The van der Waals surface area contributed by atoms with Crippen LogP contribution in [-0.2, 0) is 6.54 Å². The van der Waals surface area contributed by atoms with E-state index in [0.29, 0.717) is 12.4 Å². The van der Waals surface area contributed by atoms with E-state index in [1.807, 2.05) is 18.2 Å². The van der Waals surface area contributed by atoms with Gasteiger partial charge < -0.3 is 14.7 Å². The van der Waals surface area contributed by atoms with Crippen LogP contribution < -0.4 is 9.64 Å². The number of aromatic carboxylic acids is 1. The van der Waals surface area contributed by atoms with Gasteiger partial charge in [-0.15, -0.1) is 0 Å². The molecular weight excluding hydrogens is 334 g/mol. The third kappa shape index (κ3) is 2.88. The van der Waals surface area contributed by atoms with Gasteiger partial charge in [0, 0.05) is 11.0 Å². The van der Waals surface area contributed by atoms with Gasteiger partial charge in [-0.2, -0.15) is 0 Å². The van der Waals surface area contributed by atoms with E-state index in [-0.39, 0.29) is 5.56 Å². The van der Waals surface area contributed by atoms with Crippen LogP contribution in [0.25, 0.3) is 0 Å². The third-order valence-corrected chi connectivity index (χ3v) is 3.99. The number of para-hydroxylation sites is 1. The molecule has 1 aliphatic rings. The van der Waals surface area contributed by atoms with Crippen LogP contribution in [0.5, 0.6) is 5.75 Å². The standard InChI is InChI=1S/C16H14BrNO3/c17-12-6-4-11(5-7-12)10-18-8-9-21-15-13(16(19)20)2-1-3-14(15)18/h1-7H,8-10H2,(H,19,20). The largest absolute Gasteiger partial charge is 0.489 e. The maximum Gasteiger partial charge on any atom is 0.339 e. The second-order valence-electron chi connectivity index (χ2n) is 4.86. The van der Waals surface area contributed by atoms with E-state index in [9.17, 15) is 9.90 Å². The van der Waals surface area contributed by atoms with Crippen LogP contribution >= 0.6 is 15.9 Å². The molecule has 3 rings (SSSR count). The van der Waals surface area contributed by atoms with Crippen LogP contribution in [0.4, 0.5) is 5.69 Å². The van der Waals surface area contributed by atoms with Gasteiger partial charge in [-0.25, -0.2) is 4.79 Å². The van der Waals surface area contributed by atoms with E-state index < -0.39 is 5.97 Å². The summed E-state index contributed by atoms with van der Waals surface area (Å²) in [7, 11) is 0.